The first-order chi connectivity index (χ1) is 13.1. The third kappa shape index (κ3) is 3.29. The van der Waals surface area contributed by atoms with E-state index in [9.17, 15) is 9.59 Å². The molecule has 142 valence electrons. The van der Waals surface area contributed by atoms with E-state index in [1.165, 1.54) is 11.8 Å². The monoisotopic (exact) mass is 387 g/mol. The second-order valence-electron chi connectivity index (χ2n) is 6.58. The molecule has 0 aliphatic carbocycles. The second-order valence-corrected chi connectivity index (χ2v) is 7.64. The third-order valence-corrected chi connectivity index (χ3v) is 5.94. The number of hydrogen-bond acceptors (Lipinski definition) is 6. The molecule has 1 aromatic carbocycles. The highest BCUT2D eigenvalue weighted by Crippen LogP contribution is 2.39. The lowest BCUT2D eigenvalue weighted by Gasteiger charge is -2.28. The number of thioether (sulfide) groups is 1. The van der Waals surface area contributed by atoms with Crippen LogP contribution in [0.1, 0.15) is 36.8 Å². The topological polar surface area (TPSA) is 82.5 Å². The number of aromatic nitrogens is 2. The molecule has 2 aromatic rings. The van der Waals surface area contributed by atoms with Crippen LogP contribution >= 0.6 is 11.8 Å². The largest absolute Gasteiger partial charge is 0.486 e. The highest BCUT2D eigenvalue weighted by molar-refractivity contribution is 7.99. The number of amides is 1. The molecule has 0 fully saturated rings. The zero-order valence-electron chi connectivity index (χ0n) is 15.3. The van der Waals surface area contributed by atoms with Gasteiger partial charge in [0.15, 0.2) is 16.7 Å². The maximum absolute atomic E-state index is 12.8. The normalized spacial score (nSPS) is 18.0. The zero-order valence-corrected chi connectivity index (χ0v) is 16.1. The Morgan fingerprint density at radius 2 is 2.04 bits per heavy atom. The Balaban J connectivity index is 1.80. The minimum Gasteiger partial charge on any atom is -0.486 e. The molecule has 0 bridgehead atoms. The number of carbonyl (C=O) groups is 1. The summed E-state index contributed by atoms with van der Waals surface area (Å²) in [6, 6.07) is 5.58. The van der Waals surface area contributed by atoms with Crippen molar-refractivity contribution in [2.45, 2.75) is 30.8 Å². The van der Waals surface area contributed by atoms with Gasteiger partial charge in [0.25, 0.3) is 5.56 Å². The molecule has 0 saturated heterocycles. The minimum absolute atomic E-state index is 0.116. The Bertz CT molecular complexity index is 957. The highest BCUT2D eigenvalue weighted by Gasteiger charge is 2.32. The lowest BCUT2D eigenvalue weighted by Crippen LogP contribution is -2.33. The summed E-state index contributed by atoms with van der Waals surface area (Å²) < 4.78 is 13.0. The van der Waals surface area contributed by atoms with Crippen molar-refractivity contribution in [1.82, 2.24) is 9.55 Å². The van der Waals surface area contributed by atoms with Gasteiger partial charge in [-0.05, 0) is 24.1 Å². The van der Waals surface area contributed by atoms with Gasteiger partial charge in [0, 0.05) is 25.1 Å². The smallest absolute Gasteiger partial charge is 0.279 e. The highest BCUT2D eigenvalue weighted by atomic mass is 32.2. The molecule has 1 amide bonds. The molecule has 1 aromatic heterocycles. The van der Waals surface area contributed by atoms with Crippen LogP contribution in [0.3, 0.4) is 0 Å². The van der Waals surface area contributed by atoms with Gasteiger partial charge >= 0.3 is 0 Å². The van der Waals surface area contributed by atoms with Gasteiger partial charge in [-0.1, -0.05) is 24.8 Å². The number of nitrogens with one attached hydrogen (secondary N) is 1. The summed E-state index contributed by atoms with van der Waals surface area (Å²) in [6.45, 7) is 3.08. The summed E-state index contributed by atoms with van der Waals surface area (Å²) in [6.07, 6.45) is 1.18. The minimum atomic E-state index is -0.360. The predicted octanol–water partition coefficient (Wildman–Crippen LogP) is 2.53. The van der Waals surface area contributed by atoms with E-state index >= 15 is 0 Å². The summed E-state index contributed by atoms with van der Waals surface area (Å²) >= 11 is 1.51. The van der Waals surface area contributed by atoms with Crippen LogP contribution in [0.2, 0.25) is 0 Å². The van der Waals surface area contributed by atoms with E-state index in [2.05, 4.69) is 17.2 Å². The van der Waals surface area contributed by atoms with Crippen molar-refractivity contribution < 1.29 is 14.3 Å². The SMILES string of the molecule is CCCSc1nc(=O)c2c(n1C)NC(=O)C[C@@H]2c1ccc2c(c1)OCCO2. The molecule has 0 spiro atoms. The van der Waals surface area contributed by atoms with Crippen LogP contribution < -0.4 is 20.3 Å². The van der Waals surface area contributed by atoms with Crippen LogP contribution in [-0.2, 0) is 11.8 Å². The van der Waals surface area contributed by atoms with E-state index in [1.54, 1.807) is 4.57 Å². The first-order valence-electron chi connectivity index (χ1n) is 9.01. The van der Waals surface area contributed by atoms with Crippen LogP contribution in [-0.4, -0.2) is 34.4 Å². The lowest BCUT2D eigenvalue weighted by atomic mass is 9.86. The number of anilines is 1. The maximum atomic E-state index is 12.8. The van der Waals surface area contributed by atoms with Gasteiger partial charge in [-0.25, -0.2) is 0 Å². The van der Waals surface area contributed by atoms with Crippen LogP contribution in [0, 0.1) is 0 Å². The number of carbonyl (C=O) groups excluding carboxylic acids is 1. The first kappa shape index (κ1) is 17.9. The molecule has 3 heterocycles. The molecule has 2 aliphatic heterocycles. The summed E-state index contributed by atoms with van der Waals surface area (Å²) in [5, 5.41) is 3.48. The maximum Gasteiger partial charge on any atom is 0.279 e. The van der Waals surface area contributed by atoms with Crippen LogP contribution in [0.15, 0.2) is 28.2 Å². The Kier molecular flexibility index (Phi) is 4.82. The van der Waals surface area contributed by atoms with Crippen molar-refractivity contribution in [2.75, 3.05) is 24.3 Å². The van der Waals surface area contributed by atoms with E-state index in [-0.39, 0.29) is 23.8 Å². The molecule has 4 rings (SSSR count). The summed E-state index contributed by atoms with van der Waals surface area (Å²) in [4.78, 5) is 29.5. The Labute approximate surface area is 161 Å². The Morgan fingerprint density at radius 3 is 2.81 bits per heavy atom. The number of rotatable bonds is 4. The van der Waals surface area contributed by atoms with Crippen molar-refractivity contribution >= 4 is 23.5 Å². The molecular formula is C19H21N3O4S. The predicted molar refractivity (Wildman–Crippen MR) is 103 cm³/mol. The average Bonchev–Trinajstić information content (AvgIpc) is 2.68. The number of fused-ring (bicyclic) bond motifs is 2. The van der Waals surface area contributed by atoms with Crippen molar-refractivity contribution in [2.24, 2.45) is 7.05 Å². The van der Waals surface area contributed by atoms with Crippen LogP contribution in [0.5, 0.6) is 11.5 Å². The van der Waals surface area contributed by atoms with Crippen LogP contribution in [0.4, 0.5) is 5.82 Å². The molecule has 27 heavy (non-hydrogen) atoms. The van der Waals surface area contributed by atoms with E-state index in [1.807, 2.05) is 25.2 Å². The molecular weight excluding hydrogens is 366 g/mol. The summed E-state index contributed by atoms with van der Waals surface area (Å²) in [5.41, 5.74) is 1.08. The van der Waals surface area contributed by atoms with Gasteiger partial charge in [0.2, 0.25) is 5.91 Å². The number of benzene rings is 1. The van der Waals surface area contributed by atoms with E-state index in [0.717, 1.165) is 17.7 Å². The Morgan fingerprint density at radius 1 is 1.26 bits per heavy atom. The summed E-state index contributed by atoms with van der Waals surface area (Å²) in [5.74, 6) is 2.24. The quantitative estimate of drug-likeness (QED) is 0.641. The molecule has 2 aliphatic rings. The van der Waals surface area contributed by atoms with Crippen molar-refractivity contribution in [3.05, 3.63) is 39.7 Å². The van der Waals surface area contributed by atoms with Crippen LogP contribution in [0.25, 0.3) is 0 Å². The Hall–Kier alpha value is -2.48. The van der Waals surface area contributed by atoms with Gasteiger partial charge in [0.1, 0.15) is 19.0 Å². The first-order valence-corrected chi connectivity index (χ1v) is 10.00. The van der Waals surface area contributed by atoms with Gasteiger partial charge in [0.05, 0.1) is 5.56 Å². The molecule has 7 nitrogen and oxygen atoms in total. The number of ether oxygens (including phenoxy) is 2. The van der Waals surface area contributed by atoms with Gasteiger partial charge in [-0.3, -0.25) is 9.59 Å². The second kappa shape index (κ2) is 7.26. The van der Waals surface area contributed by atoms with E-state index in [0.29, 0.717) is 41.3 Å². The summed E-state index contributed by atoms with van der Waals surface area (Å²) in [7, 11) is 1.83. The van der Waals surface area contributed by atoms with Gasteiger partial charge in [-0.2, -0.15) is 4.98 Å². The van der Waals surface area contributed by atoms with Crippen molar-refractivity contribution in [3.63, 3.8) is 0 Å². The molecule has 1 atom stereocenters. The zero-order chi connectivity index (χ0) is 19.0. The van der Waals surface area contributed by atoms with E-state index in [4.69, 9.17) is 9.47 Å². The number of hydrogen-bond donors (Lipinski definition) is 1. The molecule has 0 radical (unpaired) electrons. The molecule has 1 N–H and O–H groups in total. The molecule has 0 unspecified atom stereocenters. The fourth-order valence-corrected chi connectivity index (χ4v) is 4.24. The third-order valence-electron chi connectivity index (χ3n) is 4.70. The van der Waals surface area contributed by atoms with Crippen molar-refractivity contribution in [1.29, 1.82) is 0 Å². The van der Waals surface area contributed by atoms with Crippen molar-refractivity contribution in [3.8, 4) is 11.5 Å². The fourth-order valence-electron chi connectivity index (χ4n) is 3.42. The van der Waals surface area contributed by atoms with Gasteiger partial charge in [-0.15, -0.1) is 0 Å². The fraction of sp³-hybridized carbons (Fsp3) is 0.421. The standard InChI is InChI=1S/C19H21N3O4S/c1-3-8-27-19-21-18(24)16-12(10-15(23)20-17(16)22(19)2)11-4-5-13-14(9-11)26-7-6-25-13/h4-5,9,12H,3,6-8,10H2,1-2H3,(H,20,23)/t12-/m1/s1. The molecule has 0 saturated carbocycles. The molecule has 8 heteroatoms. The lowest BCUT2D eigenvalue weighted by molar-refractivity contribution is -0.116. The average molecular weight is 387 g/mol. The number of nitrogens with zero attached hydrogens (tertiary/aromatic N) is 2. The van der Waals surface area contributed by atoms with Gasteiger partial charge < -0.3 is 19.4 Å². The van der Waals surface area contributed by atoms with E-state index < -0.39 is 0 Å².